The van der Waals surface area contributed by atoms with Crippen molar-refractivity contribution in [3.63, 3.8) is 0 Å². The number of hydrogen-bond acceptors (Lipinski definition) is 3. The molecule has 2 rings (SSSR count). The third kappa shape index (κ3) is 3.06. The van der Waals surface area contributed by atoms with Gasteiger partial charge in [0.2, 0.25) is 0 Å². The van der Waals surface area contributed by atoms with Gasteiger partial charge >= 0.3 is 5.97 Å². The highest BCUT2D eigenvalue weighted by molar-refractivity contribution is 5.90. The molecule has 0 spiro atoms. The van der Waals surface area contributed by atoms with E-state index in [2.05, 4.69) is 25.7 Å². The second-order valence-electron chi connectivity index (χ2n) is 6.71. The number of benzene rings is 1. The van der Waals surface area contributed by atoms with Gasteiger partial charge in [-0.2, -0.15) is 0 Å². The van der Waals surface area contributed by atoms with Crippen molar-refractivity contribution in [2.24, 2.45) is 11.3 Å². The molecule has 4 nitrogen and oxygen atoms in total. The Kier molecular flexibility index (Phi) is 3.93. The first-order chi connectivity index (χ1) is 9.29. The van der Waals surface area contributed by atoms with Crippen LogP contribution in [-0.2, 0) is 0 Å². The van der Waals surface area contributed by atoms with E-state index in [0.717, 1.165) is 37.5 Å². The highest BCUT2D eigenvalue weighted by Gasteiger charge is 2.29. The molecule has 0 radical (unpaired) electrons. The summed E-state index contributed by atoms with van der Waals surface area (Å²) < 4.78 is 0. The van der Waals surface area contributed by atoms with Crippen LogP contribution in [0.4, 0.5) is 11.4 Å². The zero-order valence-corrected chi connectivity index (χ0v) is 12.5. The molecule has 110 valence electrons. The van der Waals surface area contributed by atoms with E-state index in [1.54, 1.807) is 12.1 Å². The van der Waals surface area contributed by atoms with Gasteiger partial charge in [0, 0.05) is 13.1 Å². The lowest BCUT2D eigenvalue weighted by Crippen LogP contribution is -2.38. The average Bonchev–Trinajstić information content (AvgIpc) is 2.37. The normalized spacial score (nSPS) is 17.2. The number of nitrogens with zero attached hydrogens (tertiary/aromatic N) is 1. The van der Waals surface area contributed by atoms with E-state index < -0.39 is 5.97 Å². The molecule has 1 aromatic rings. The predicted molar refractivity (Wildman–Crippen MR) is 82.2 cm³/mol. The summed E-state index contributed by atoms with van der Waals surface area (Å²) in [6, 6.07) is 5.01. The molecule has 1 aliphatic heterocycles. The number of nitrogens with two attached hydrogens (primary N) is 1. The number of nitrogen functional groups attached to an aromatic ring is 1. The second kappa shape index (κ2) is 5.35. The van der Waals surface area contributed by atoms with Crippen molar-refractivity contribution in [2.45, 2.75) is 33.6 Å². The molecule has 0 aliphatic carbocycles. The number of hydrogen-bond donors (Lipinski definition) is 2. The first-order valence-electron chi connectivity index (χ1n) is 7.17. The molecule has 1 fully saturated rings. The first kappa shape index (κ1) is 14.7. The van der Waals surface area contributed by atoms with Crippen LogP contribution in [0.1, 0.15) is 44.0 Å². The van der Waals surface area contributed by atoms with Crippen LogP contribution < -0.4 is 10.6 Å². The van der Waals surface area contributed by atoms with E-state index in [1.807, 2.05) is 6.07 Å². The average molecular weight is 276 g/mol. The molecule has 0 amide bonds. The minimum atomic E-state index is -0.935. The van der Waals surface area contributed by atoms with E-state index in [0.29, 0.717) is 11.1 Å². The van der Waals surface area contributed by atoms with E-state index in [4.69, 9.17) is 10.8 Å². The van der Waals surface area contributed by atoms with Crippen LogP contribution >= 0.6 is 0 Å². The molecule has 3 N–H and O–H groups in total. The molecular formula is C16H24N2O2. The molecule has 0 unspecified atom stereocenters. The Labute approximate surface area is 120 Å². The Morgan fingerprint density at radius 1 is 1.30 bits per heavy atom. The third-order valence-corrected chi connectivity index (χ3v) is 4.33. The Balaban J connectivity index is 2.09. The van der Waals surface area contributed by atoms with Crippen molar-refractivity contribution in [1.29, 1.82) is 0 Å². The summed E-state index contributed by atoms with van der Waals surface area (Å²) in [6.07, 6.45) is 2.31. The molecule has 0 atom stereocenters. The summed E-state index contributed by atoms with van der Waals surface area (Å²) in [7, 11) is 0. The molecule has 1 aromatic carbocycles. The standard InChI is InChI=1S/C16H24N2O2/c1-16(2,3)12-6-8-18(9-7-12)14-5-4-11(15(19)20)10-13(14)17/h4-5,10,12H,6-9,17H2,1-3H3,(H,19,20). The van der Waals surface area contributed by atoms with Crippen LogP contribution in [0.2, 0.25) is 0 Å². The maximum atomic E-state index is 10.9. The van der Waals surface area contributed by atoms with Gasteiger partial charge in [-0.1, -0.05) is 20.8 Å². The number of piperidine rings is 1. The number of carboxylic acid groups (broad SMARTS) is 1. The third-order valence-electron chi connectivity index (χ3n) is 4.33. The molecule has 0 aromatic heterocycles. The second-order valence-corrected chi connectivity index (χ2v) is 6.71. The van der Waals surface area contributed by atoms with Crippen LogP contribution in [0.5, 0.6) is 0 Å². The molecule has 1 saturated heterocycles. The SMILES string of the molecule is CC(C)(C)C1CCN(c2ccc(C(=O)O)cc2N)CC1. The van der Waals surface area contributed by atoms with Crippen molar-refractivity contribution in [2.75, 3.05) is 23.7 Å². The lowest BCUT2D eigenvalue weighted by atomic mass is 9.75. The smallest absolute Gasteiger partial charge is 0.335 e. The van der Waals surface area contributed by atoms with E-state index in [-0.39, 0.29) is 5.56 Å². The van der Waals surface area contributed by atoms with Crippen LogP contribution in [-0.4, -0.2) is 24.2 Å². The molecule has 0 saturated carbocycles. The van der Waals surface area contributed by atoms with Gasteiger partial charge in [-0.05, 0) is 42.4 Å². The summed E-state index contributed by atoms with van der Waals surface area (Å²) in [4.78, 5) is 13.2. The fourth-order valence-electron chi connectivity index (χ4n) is 2.96. The number of carbonyl (C=O) groups is 1. The largest absolute Gasteiger partial charge is 0.478 e. The zero-order chi connectivity index (χ0) is 14.9. The summed E-state index contributed by atoms with van der Waals surface area (Å²) in [5.74, 6) is -0.201. The summed E-state index contributed by atoms with van der Waals surface area (Å²) in [5, 5.41) is 8.97. The molecule has 1 heterocycles. The quantitative estimate of drug-likeness (QED) is 0.814. The van der Waals surface area contributed by atoms with Crippen LogP contribution in [0.25, 0.3) is 0 Å². The van der Waals surface area contributed by atoms with Crippen molar-refractivity contribution >= 4 is 17.3 Å². The van der Waals surface area contributed by atoms with Gasteiger partial charge in [0.15, 0.2) is 0 Å². The van der Waals surface area contributed by atoms with Gasteiger partial charge in [0.05, 0.1) is 16.9 Å². The summed E-state index contributed by atoms with van der Waals surface area (Å²) in [6.45, 7) is 8.85. The van der Waals surface area contributed by atoms with Gasteiger partial charge in [-0.15, -0.1) is 0 Å². The fourth-order valence-corrected chi connectivity index (χ4v) is 2.96. The summed E-state index contributed by atoms with van der Waals surface area (Å²) in [5.41, 5.74) is 8.12. The van der Waals surface area contributed by atoms with Gasteiger partial charge in [0.1, 0.15) is 0 Å². The molecular weight excluding hydrogens is 252 g/mol. The van der Waals surface area contributed by atoms with Crippen molar-refractivity contribution in [3.05, 3.63) is 23.8 Å². The number of carboxylic acids is 1. The Hall–Kier alpha value is -1.71. The predicted octanol–water partition coefficient (Wildman–Crippen LogP) is 3.23. The van der Waals surface area contributed by atoms with Crippen LogP contribution in [0.3, 0.4) is 0 Å². The van der Waals surface area contributed by atoms with E-state index in [9.17, 15) is 4.79 Å². The zero-order valence-electron chi connectivity index (χ0n) is 12.5. The van der Waals surface area contributed by atoms with Crippen LogP contribution in [0, 0.1) is 11.3 Å². The molecule has 1 aliphatic rings. The highest BCUT2D eigenvalue weighted by atomic mass is 16.4. The van der Waals surface area contributed by atoms with E-state index in [1.165, 1.54) is 0 Å². The molecule has 4 heteroatoms. The van der Waals surface area contributed by atoms with Gasteiger partial charge in [-0.3, -0.25) is 0 Å². The topological polar surface area (TPSA) is 66.6 Å². The minimum Gasteiger partial charge on any atom is -0.478 e. The maximum absolute atomic E-state index is 10.9. The number of aromatic carboxylic acids is 1. The number of rotatable bonds is 2. The maximum Gasteiger partial charge on any atom is 0.335 e. The lowest BCUT2D eigenvalue weighted by Gasteiger charge is -2.40. The highest BCUT2D eigenvalue weighted by Crippen LogP contribution is 2.36. The Morgan fingerprint density at radius 2 is 1.90 bits per heavy atom. The van der Waals surface area contributed by atoms with Crippen molar-refractivity contribution in [3.8, 4) is 0 Å². The van der Waals surface area contributed by atoms with Crippen molar-refractivity contribution < 1.29 is 9.90 Å². The Morgan fingerprint density at radius 3 is 2.35 bits per heavy atom. The van der Waals surface area contributed by atoms with Gasteiger partial charge in [0.25, 0.3) is 0 Å². The monoisotopic (exact) mass is 276 g/mol. The van der Waals surface area contributed by atoms with Gasteiger partial charge in [-0.25, -0.2) is 4.79 Å². The lowest BCUT2D eigenvalue weighted by molar-refractivity contribution is 0.0697. The molecule has 0 bridgehead atoms. The Bertz CT molecular complexity index is 498. The summed E-state index contributed by atoms with van der Waals surface area (Å²) >= 11 is 0. The minimum absolute atomic E-state index is 0.246. The fraction of sp³-hybridized carbons (Fsp3) is 0.562. The first-order valence-corrected chi connectivity index (χ1v) is 7.17. The van der Waals surface area contributed by atoms with E-state index >= 15 is 0 Å². The van der Waals surface area contributed by atoms with Gasteiger partial charge < -0.3 is 15.7 Å². The van der Waals surface area contributed by atoms with Crippen molar-refractivity contribution in [1.82, 2.24) is 0 Å². The molecule has 20 heavy (non-hydrogen) atoms. The van der Waals surface area contributed by atoms with Crippen LogP contribution in [0.15, 0.2) is 18.2 Å². The number of anilines is 2.